The second-order valence-corrected chi connectivity index (χ2v) is 8.43. The number of urea groups is 1. The highest BCUT2D eigenvalue weighted by Gasteiger charge is 2.52. The number of amides is 3. The molecule has 0 unspecified atom stereocenters. The maximum Gasteiger partial charge on any atom is 0.417 e. The fourth-order valence-electron chi connectivity index (χ4n) is 3.87. The van der Waals surface area contributed by atoms with Gasteiger partial charge in [-0.2, -0.15) is 18.4 Å². The molecule has 1 aliphatic heterocycles. The summed E-state index contributed by atoms with van der Waals surface area (Å²) in [4.78, 5) is 32.6. The Bertz CT molecular complexity index is 1330. The first-order valence-electron chi connectivity index (χ1n) is 10.6. The summed E-state index contributed by atoms with van der Waals surface area (Å²) in [6, 6.07) is 14.3. The lowest BCUT2D eigenvalue weighted by Crippen LogP contribution is -2.43. The number of carbonyl (C=O) groups excluding carboxylic acids is 2. The van der Waals surface area contributed by atoms with Crippen LogP contribution in [-0.4, -0.2) is 27.4 Å². The van der Waals surface area contributed by atoms with Crippen LogP contribution in [0.5, 0.6) is 0 Å². The van der Waals surface area contributed by atoms with Gasteiger partial charge in [0.25, 0.3) is 5.91 Å². The van der Waals surface area contributed by atoms with Gasteiger partial charge in [-0.3, -0.25) is 9.78 Å². The zero-order chi connectivity index (χ0) is 25.4. The number of aromatic nitrogens is 1. The number of alkyl halides is 3. The van der Waals surface area contributed by atoms with E-state index in [0.29, 0.717) is 17.3 Å². The van der Waals surface area contributed by atoms with Gasteiger partial charge in [0.1, 0.15) is 5.54 Å². The number of para-hydroxylation sites is 1. The van der Waals surface area contributed by atoms with E-state index in [-0.39, 0.29) is 12.2 Å². The molecule has 3 amide bonds. The molecule has 1 aromatic heterocycles. The van der Waals surface area contributed by atoms with E-state index in [2.05, 4.69) is 10.3 Å². The first-order valence-corrected chi connectivity index (χ1v) is 10.6. The molecule has 178 valence electrons. The van der Waals surface area contributed by atoms with Crippen LogP contribution in [0, 0.1) is 11.3 Å². The van der Waals surface area contributed by atoms with E-state index in [4.69, 9.17) is 5.26 Å². The lowest BCUT2D eigenvalue weighted by atomic mass is 10.0. The highest BCUT2D eigenvalue weighted by molar-refractivity contribution is 6.23. The highest BCUT2D eigenvalue weighted by atomic mass is 19.4. The number of halogens is 3. The number of anilines is 3. The quantitative estimate of drug-likeness (QED) is 0.491. The van der Waals surface area contributed by atoms with Crippen molar-refractivity contribution in [1.29, 1.82) is 5.26 Å². The Kier molecular flexibility index (Phi) is 5.94. The minimum atomic E-state index is -4.82. The van der Waals surface area contributed by atoms with Gasteiger partial charge >= 0.3 is 12.2 Å². The molecule has 0 saturated carbocycles. The summed E-state index contributed by atoms with van der Waals surface area (Å²) in [5, 5.41) is 12.3. The molecule has 10 heteroatoms. The van der Waals surface area contributed by atoms with E-state index in [0.717, 1.165) is 16.7 Å². The molecule has 1 saturated heterocycles. The molecule has 0 radical (unpaired) electrons. The summed E-state index contributed by atoms with van der Waals surface area (Å²) in [5.41, 5.74) is -1.19. The average molecular weight is 479 g/mol. The minimum Gasteiger partial charge on any atom is -0.355 e. The molecule has 0 atom stereocenters. The van der Waals surface area contributed by atoms with Gasteiger partial charge in [-0.15, -0.1) is 0 Å². The van der Waals surface area contributed by atoms with Crippen LogP contribution in [0.15, 0.2) is 67.0 Å². The third-order valence-corrected chi connectivity index (χ3v) is 5.82. The molecule has 0 bridgehead atoms. The van der Waals surface area contributed by atoms with Gasteiger partial charge in [0.05, 0.1) is 29.4 Å². The monoisotopic (exact) mass is 479 g/mol. The normalized spacial score (nSPS) is 15.3. The highest BCUT2D eigenvalue weighted by Crippen LogP contribution is 2.38. The fraction of sp³-hybridized carbons (Fsp3) is 0.200. The van der Waals surface area contributed by atoms with Crippen molar-refractivity contribution < 1.29 is 22.8 Å². The Morgan fingerprint density at radius 3 is 2.40 bits per heavy atom. The number of imide groups is 1. The number of rotatable bonds is 5. The van der Waals surface area contributed by atoms with Crippen LogP contribution in [0.3, 0.4) is 0 Å². The maximum atomic E-state index is 13.5. The molecule has 4 rings (SSSR count). The van der Waals surface area contributed by atoms with Crippen LogP contribution < -0.4 is 10.2 Å². The Labute approximate surface area is 199 Å². The standard InChI is InChI=1S/C25H20F3N5O2/c1-24(2)22(34)33(19-8-7-16(14-29)20(13-19)25(26,27)28)23(35)32(24)15-17-5-3-4-6-21(17)31-18-9-11-30-12-10-18/h3-13H,15H2,1-2H3,(H,30,31). The van der Waals surface area contributed by atoms with Gasteiger partial charge in [0.2, 0.25) is 0 Å². The Morgan fingerprint density at radius 2 is 1.74 bits per heavy atom. The number of hydrogen-bond acceptors (Lipinski definition) is 5. The molecule has 0 spiro atoms. The van der Waals surface area contributed by atoms with Crippen molar-refractivity contribution in [3.8, 4) is 6.07 Å². The second kappa shape index (κ2) is 8.76. The number of pyridine rings is 1. The number of nitrogens with zero attached hydrogens (tertiary/aromatic N) is 4. The zero-order valence-corrected chi connectivity index (χ0v) is 18.8. The largest absolute Gasteiger partial charge is 0.417 e. The molecule has 2 heterocycles. The lowest BCUT2D eigenvalue weighted by Gasteiger charge is -2.28. The van der Waals surface area contributed by atoms with Crippen molar-refractivity contribution in [2.24, 2.45) is 0 Å². The first-order chi connectivity index (χ1) is 16.5. The summed E-state index contributed by atoms with van der Waals surface area (Å²) in [6.07, 6.45) is -1.57. The van der Waals surface area contributed by atoms with E-state index in [1.807, 2.05) is 12.1 Å². The molecular formula is C25H20F3N5O2. The molecular weight excluding hydrogens is 459 g/mol. The Hall–Kier alpha value is -4.39. The van der Waals surface area contributed by atoms with Crippen molar-refractivity contribution in [2.75, 3.05) is 10.2 Å². The molecule has 2 aromatic carbocycles. The van der Waals surface area contributed by atoms with Crippen LogP contribution in [0.4, 0.5) is 35.0 Å². The van der Waals surface area contributed by atoms with Crippen molar-refractivity contribution in [2.45, 2.75) is 32.1 Å². The lowest BCUT2D eigenvalue weighted by molar-refractivity contribution is -0.137. The number of hydrogen-bond donors (Lipinski definition) is 1. The SMILES string of the molecule is CC1(C)C(=O)N(c2ccc(C#N)c(C(F)(F)F)c2)C(=O)N1Cc1ccccc1Nc1ccncc1. The summed E-state index contributed by atoms with van der Waals surface area (Å²) in [7, 11) is 0. The number of nitrogens with one attached hydrogen (secondary N) is 1. The van der Waals surface area contributed by atoms with Crippen LogP contribution in [0.25, 0.3) is 0 Å². The maximum absolute atomic E-state index is 13.5. The summed E-state index contributed by atoms with van der Waals surface area (Å²) in [6.45, 7) is 3.12. The topological polar surface area (TPSA) is 89.3 Å². The fourth-order valence-corrected chi connectivity index (χ4v) is 3.87. The smallest absolute Gasteiger partial charge is 0.355 e. The molecule has 7 nitrogen and oxygen atoms in total. The van der Waals surface area contributed by atoms with Crippen LogP contribution in [0.1, 0.15) is 30.5 Å². The second-order valence-electron chi connectivity index (χ2n) is 8.43. The van der Waals surface area contributed by atoms with E-state index in [1.165, 1.54) is 17.0 Å². The predicted octanol–water partition coefficient (Wildman–Crippen LogP) is 5.46. The Balaban J connectivity index is 1.68. The molecule has 1 fully saturated rings. The average Bonchev–Trinajstić information content (AvgIpc) is 2.99. The predicted molar refractivity (Wildman–Crippen MR) is 123 cm³/mol. The first kappa shape index (κ1) is 23.8. The van der Waals surface area contributed by atoms with Crippen molar-refractivity contribution in [3.63, 3.8) is 0 Å². The van der Waals surface area contributed by atoms with Gasteiger partial charge in [0.15, 0.2) is 0 Å². The van der Waals surface area contributed by atoms with Crippen LogP contribution >= 0.6 is 0 Å². The van der Waals surface area contributed by atoms with Gasteiger partial charge in [0, 0.05) is 23.8 Å². The molecule has 1 aliphatic rings. The minimum absolute atomic E-state index is 0.0325. The van der Waals surface area contributed by atoms with Crippen molar-refractivity contribution in [3.05, 3.63) is 83.7 Å². The molecule has 3 aromatic rings. The summed E-state index contributed by atoms with van der Waals surface area (Å²) >= 11 is 0. The number of benzene rings is 2. The van der Waals surface area contributed by atoms with Gasteiger partial charge in [-0.1, -0.05) is 18.2 Å². The summed E-state index contributed by atoms with van der Waals surface area (Å²) in [5.74, 6) is -0.667. The number of carbonyl (C=O) groups is 2. The van der Waals surface area contributed by atoms with Gasteiger partial charge in [-0.05, 0) is 55.8 Å². The zero-order valence-electron chi connectivity index (χ0n) is 18.8. The number of nitriles is 1. The Morgan fingerprint density at radius 1 is 1.06 bits per heavy atom. The third-order valence-electron chi connectivity index (χ3n) is 5.82. The molecule has 1 N–H and O–H groups in total. The van der Waals surface area contributed by atoms with Crippen LogP contribution in [0.2, 0.25) is 0 Å². The van der Waals surface area contributed by atoms with E-state index < -0.39 is 34.8 Å². The van der Waals surface area contributed by atoms with E-state index in [1.54, 1.807) is 50.5 Å². The van der Waals surface area contributed by atoms with Crippen LogP contribution in [-0.2, 0) is 17.5 Å². The van der Waals surface area contributed by atoms with Gasteiger partial charge in [-0.25, -0.2) is 9.69 Å². The third kappa shape index (κ3) is 4.40. The van der Waals surface area contributed by atoms with Crippen molar-refractivity contribution >= 4 is 29.0 Å². The van der Waals surface area contributed by atoms with E-state index >= 15 is 0 Å². The van der Waals surface area contributed by atoms with Crippen molar-refractivity contribution in [1.82, 2.24) is 9.88 Å². The molecule has 0 aliphatic carbocycles. The van der Waals surface area contributed by atoms with E-state index in [9.17, 15) is 22.8 Å². The summed E-state index contributed by atoms with van der Waals surface area (Å²) < 4.78 is 40.4. The molecule has 35 heavy (non-hydrogen) atoms. The van der Waals surface area contributed by atoms with Gasteiger partial charge < -0.3 is 10.2 Å².